The number of nitrogens with one attached hydrogen (secondary N) is 1. The molecule has 0 aromatic heterocycles. The standard InChI is InChI=1S/C10H22N2O7/c13-4-7(16)1-11-10(19)12(2-8(17)5-14)3-9(18)6-15/h7-9,13-18H,1-6H2,(H,11,19). The first kappa shape index (κ1) is 18.0. The Bertz CT molecular complexity index is 242. The van der Waals surface area contributed by atoms with Crippen molar-refractivity contribution in [2.24, 2.45) is 0 Å². The first-order valence-corrected chi connectivity index (χ1v) is 5.84. The van der Waals surface area contributed by atoms with Crippen molar-refractivity contribution in [2.45, 2.75) is 18.3 Å². The Labute approximate surface area is 110 Å². The zero-order valence-electron chi connectivity index (χ0n) is 10.5. The quantitative estimate of drug-likeness (QED) is 0.228. The fourth-order valence-corrected chi connectivity index (χ4v) is 1.25. The minimum absolute atomic E-state index is 0.198. The monoisotopic (exact) mass is 282 g/mol. The second-order valence-corrected chi connectivity index (χ2v) is 4.10. The number of nitrogens with zero attached hydrogens (tertiary/aromatic N) is 1. The molecule has 0 aromatic carbocycles. The molecule has 0 aliphatic heterocycles. The lowest BCUT2D eigenvalue weighted by Crippen LogP contribution is -2.49. The van der Waals surface area contributed by atoms with Gasteiger partial charge in [0.25, 0.3) is 0 Å². The Balaban J connectivity index is 4.40. The van der Waals surface area contributed by atoms with Crippen molar-refractivity contribution in [1.29, 1.82) is 0 Å². The average molecular weight is 282 g/mol. The Morgan fingerprint density at radius 3 is 1.68 bits per heavy atom. The summed E-state index contributed by atoms with van der Waals surface area (Å²) in [5.41, 5.74) is 0. The number of carbonyl (C=O) groups excluding carboxylic acids is 1. The largest absolute Gasteiger partial charge is 0.394 e. The second-order valence-electron chi connectivity index (χ2n) is 4.10. The number of carbonyl (C=O) groups is 1. The first-order chi connectivity index (χ1) is 8.94. The number of urea groups is 1. The van der Waals surface area contributed by atoms with Crippen LogP contribution in [-0.4, -0.2) is 99.3 Å². The molecular formula is C10H22N2O7. The fraction of sp³-hybridized carbons (Fsp3) is 0.900. The van der Waals surface area contributed by atoms with Crippen LogP contribution in [0, 0.1) is 0 Å². The first-order valence-electron chi connectivity index (χ1n) is 5.84. The van der Waals surface area contributed by atoms with Crippen molar-refractivity contribution in [3.05, 3.63) is 0 Å². The lowest BCUT2D eigenvalue weighted by Gasteiger charge is -2.27. The number of aliphatic hydroxyl groups excluding tert-OH is 6. The van der Waals surface area contributed by atoms with Crippen LogP contribution in [0.2, 0.25) is 0 Å². The maximum Gasteiger partial charge on any atom is 0.317 e. The van der Waals surface area contributed by atoms with Gasteiger partial charge in [-0.25, -0.2) is 4.79 Å². The smallest absolute Gasteiger partial charge is 0.317 e. The van der Waals surface area contributed by atoms with Gasteiger partial charge in [-0.05, 0) is 0 Å². The zero-order chi connectivity index (χ0) is 14.8. The maximum absolute atomic E-state index is 11.7. The molecule has 9 nitrogen and oxygen atoms in total. The molecule has 0 aliphatic carbocycles. The molecule has 0 heterocycles. The predicted octanol–water partition coefficient (Wildman–Crippen LogP) is -3.94. The normalized spacial score (nSPS) is 15.7. The highest BCUT2D eigenvalue weighted by atomic mass is 16.3. The van der Waals surface area contributed by atoms with E-state index in [1.54, 1.807) is 0 Å². The minimum atomic E-state index is -1.18. The van der Waals surface area contributed by atoms with E-state index in [9.17, 15) is 15.0 Å². The second kappa shape index (κ2) is 9.89. The molecular weight excluding hydrogens is 260 g/mol. The highest BCUT2D eigenvalue weighted by Gasteiger charge is 2.20. The Morgan fingerprint density at radius 2 is 1.32 bits per heavy atom. The van der Waals surface area contributed by atoms with Gasteiger partial charge in [-0.2, -0.15) is 0 Å². The third-order valence-corrected chi connectivity index (χ3v) is 2.27. The van der Waals surface area contributed by atoms with Gasteiger partial charge in [-0.3, -0.25) is 0 Å². The van der Waals surface area contributed by atoms with E-state index < -0.39 is 44.2 Å². The number of hydrogen-bond acceptors (Lipinski definition) is 7. The Hall–Kier alpha value is -0.970. The van der Waals surface area contributed by atoms with E-state index in [0.717, 1.165) is 4.90 Å². The van der Waals surface area contributed by atoms with Crippen molar-refractivity contribution in [2.75, 3.05) is 39.5 Å². The van der Waals surface area contributed by atoms with Crippen LogP contribution < -0.4 is 5.32 Å². The summed E-state index contributed by atoms with van der Waals surface area (Å²) >= 11 is 0. The highest BCUT2D eigenvalue weighted by Crippen LogP contribution is 1.97. The van der Waals surface area contributed by atoms with Crippen LogP contribution >= 0.6 is 0 Å². The van der Waals surface area contributed by atoms with Crippen molar-refractivity contribution < 1.29 is 35.4 Å². The van der Waals surface area contributed by atoms with Crippen molar-refractivity contribution >= 4 is 6.03 Å². The lowest BCUT2D eigenvalue weighted by atomic mass is 10.3. The van der Waals surface area contributed by atoms with Crippen LogP contribution in [0.5, 0.6) is 0 Å². The molecule has 0 spiro atoms. The van der Waals surface area contributed by atoms with E-state index in [4.69, 9.17) is 20.4 Å². The van der Waals surface area contributed by atoms with Gasteiger partial charge < -0.3 is 40.9 Å². The molecule has 0 fully saturated rings. The molecule has 0 saturated carbocycles. The summed E-state index contributed by atoms with van der Waals surface area (Å²) in [7, 11) is 0. The molecule has 114 valence electrons. The lowest BCUT2D eigenvalue weighted by molar-refractivity contribution is 0.0344. The fourth-order valence-electron chi connectivity index (χ4n) is 1.25. The number of amides is 2. The average Bonchev–Trinajstić information content (AvgIpc) is 2.42. The van der Waals surface area contributed by atoms with E-state index in [1.807, 2.05) is 0 Å². The predicted molar refractivity (Wildman–Crippen MR) is 64.2 cm³/mol. The van der Waals surface area contributed by atoms with Crippen molar-refractivity contribution in [1.82, 2.24) is 10.2 Å². The molecule has 0 rings (SSSR count). The van der Waals surface area contributed by atoms with Gasteiger partial charge in [-0.15, -0.1) is 0 Å². The molecule has 0 saturated heterocycles. The summed E-state index contributed by atoms with van der Waals surface area (Å²) in [5, 5.41) is 56.0. The topological polar surface area (TPSA) is 154 Å². The van der Waals surface area contributed by atoms with Crippen molar-refractivity contribution in [3.8, 4) is 0 Å². The number of aliphatic hydroxyl groups is 6. The Morgan fingerprint density at radius 1 is 0.895 bits per heavy atom. The van der Waals surface area contributed by atoms with Gasteiger partial charge >= 0.3 is 6.03 Å². The summed E-state index contributed by atoms with van der Waals surface area (Å²) in [4.78, 5) is 12.7. The molecule has 2 amide bonds. The maximum atomic E-state index is 11.7. The summed E-state index contributed by atoms with van der Waals surface area (Å²) in [5.74, 6) is 0. The molecule has 7 N–H and O–H groups in total. The van der Waals surface area contributed by atoms with Crippen LogP contribution in [0.3, 0.4) is 0 Å². The number of rotatable bonds is 9. The Kier molecular flexibility index (Phi) is 9.39. The van der Waals surface area contributed by atoms with Crippen LogP contribution in [-0.2, 0) is 0 Å². The SMILES string of the molecule is O=C(NCC(O)CO)N(CC(O)CO)CC(O)CO. The molecule has 0 aromatic rings. The molecule has 9 heteroatoms. The van der Waals surface area contributed by atoms with Gasteiger partial charge in [0.05, 0.1) is 51.2 Å². The van der Waals surface area contributed by atoms with E-state index >= 15 is 0 Å². The summed E-state index contributed by atoms with van der Waals surface area (Å²) in [6.07, 6.45) is -3.48. The van der Waals surface area contributed by atoms with E-state index in [1.165, 1.54) is 0 Å². The highest BCUT2D eigenvalue weighted by molar-refractivity contribution is 5.74. The summed E-state index contributed by atoms with van der Waals surface area (Å²) < 4.78 is 0. The summed E-state index contributed by atoms with van der Waals surface area (Å²) in [6, 6.07) is -0.701. The third kappa shape index (κ3) is 7.93. The van der Waals surface area contributed by atoms with Gasteiger partial charge in [0.2, 0.25) is 0 Å². The molecule has 0 aliphatic rings. The molecule has 3 atom stereocenters. The number of hydrogen-bond donors (Lipinski definition) is 7. The van der Waals surface area contributed by atoms with E-state index in [0.29, 0.717) is 0 Å². The van der Waals surface area contributed by atoms with E-state index in [-0.39, 0.29) is 19.6 Å². The van der Waals surface area contributed by atoms with Crippen LogP contribution in [0.15, 0.2) is 0 Å². The summed E-state index contributed by atoms with van der Waals surface area (Å²) in [6.45, 7) is -2.31. The van der Waals surface area contributed by atoms with Crippen LogP contribution in [0.4, 0.5) is 4.79 Å². The van der Waals surface area contributed by atoms with Gasteiger partial charge in [0.1, 0.15) is 0 Å². The molecule has 0 bridgehead atoms. The van der Waals surface area contributed by atoms with Gasteiger partial charge in [0.15, 0.2) is 0 Å². The molecule has 19 heavy (non-hydrogen) atoms. The van der Waals surface area contributed by atoms with Crippen LogP contribution in [0.1, 0.15) is 0 Å². The van der Waals surface area contributed by atoms with Crippen LogP contribution in [0.25, 0.3) is 0 Å². The third-order valence-electron chi connectivity index (χ3n) is 2.27. The van der Waals surface area contributed by atoms with Gasteiger partial charge in [0, 0.05) is 6.54 Å². The van der Waals surface area contributed by atoms with Gasteiger partial charge in [-0.1, -0.05) is 0 Å². The van der Waals surface area contributed by atoms with Crippen molar-refractivity contribution in [3.63, 3.8) is 0 Å². The minimum Gasteiger partial charge on any atom is -0.394 e. The molecule has 0 radical (unpaired) electrons. The van der Waals surface area contributed by atoms with E-state index in [2.05, 4.69) is 5.32 Å². The molecule has 3 unspecified atom stereocenters. The zero-order valence-corrected chi connectivity index (χ0v) is 10.5.